The predicted molar refractivity (Wildman–Crippen MR) is 74.3 cm³/mol. The second-order valence-corrected chi connectivity index (χ2v) is 4.74. The highest BCUT2D eigenvalue weighted by molar-refractivity contribution is 5.79. The van der Waals surface area contributed by atoms with Crippen molar-refractivity contribution in [3.8, 4) is 0 Å². The van der Waals surface area contributed by atoms with Crippen LogP contribution in [-0.4, -0.2) is 9.55 Å². The number of fused-ring (bicyclic) bond motifs is 1. The molecule has 1 aromatic heterocycles. The molecule has 0 aliphatic rings. The standard InChI is InChI=1S/C15H13F2N3/c1-9-6-14-13(7-12(9)17)19-15(18)20(14)8-10-4-2-3-5-11(10)16/h2-7H,8H2,1H3,(H2,18,19). The van der Waals surface area contributed by atoms with E-state index in [0.29, 0.717) is 22.2 Å². The van der Waals surface area contributed by atoms with Crippen LogP contribution in [0.1, 0.15) is 11.1 Å². The van der Waals surface area contributed by atoms with Crippen molar-refractivity contribution in [2.45, 2.75) is 13.5 Å². The Morgan fingerprint density at radius 1 is 1.15 bits per heavy atom. The number of aromatic nitrogens is 2. The van der Waals surface area contributed by atoms with E-state index in [2.05, 4.69) is 4.98 Å². The molecule has 0 saturated carbocycles. The van der Waals surface area contributed by atoms with E-state index in [-0.39, 0.29) is 24.1 Å². The Kier molecular flexibility index (Phi) is 2.89. The van der Waals surface area contributed by atoms with Gasteiger partial charge in [-0.2, -0.15) is 0 Å². The zero-order valence-corrected chi connectivity index (χ0v) is 10.9. The van der Waals surface area contributed by atoms with E-state index >= 15 is 0 Å². The van der Waals surface area contributed by atoms with Crippen LogP contribution in [0.25, 0.3) is 11.0 Å². The highest BCUT2D eigenvalue weighted by Crippen LogP contribution is 2.23. The van der Waals surface area contributed by atoms with Crippen molar-refractivity contribution in [3.63, 3.8) is 0 Å². The van der Waals surface area contributed by atoms with Gasteiger partial charge in [-0.25, -0.2) is 13.8 Å². The van der Waals surface area contributed by atoms with Crippen molar-refractivity contribution in [1.29, 1.82) is 0 Å². The largest absolute Gasteiger partial charge is 0.369 e. The molecule has 0 saturated heterocycles. The second-order valence-electron chi connectivity index (χ2n) is 4.74. The van der Waals surface area contributed by atoms with Gasteiger partial charge in [-0.3, -0.25) is 0 Å². The summed E-state index contributed by atoms with van der Waals surface area (Å²) in [6.45, 7) is 1.94. The highest BCUT2D eigenvalue weighted by Gasteiger charge is 2.12. The number of nitrogen functional groups attached to an aromatic ring is 1. The molecule has 0 unspecified atom stereocenters. The van der Waals surface area contributed by atoms with Crippen molar-refractivity contribution in [2.75, 3.05) is 5.73 Å². The molecular formula is C15H13F2N3. The molecule has 1 heterocycles. The van der Waals surface area contributed by atoms with Crippen molar-refractivity contribution >= 4 is 17.0 Å². The number of nitrogens with zero attached hydrogens (tertiary/aromatic N) is 2. The summed E-state index contributed by atoms with van der Waals surface area (Å²) in [6.07, 6.45) is 0. The Labute approximate surface area is 114 Å². The molecule has 0 atom stereocenters. The fourth-order valence-corrected chi connectivity index (χ4v) is 2.23. The van der Waals surface area contributed by atoms with Gasteiger partial charge in [-0.1, -0.05) is 18.2 Å². The fraction of sp³-hybridized carbons (Fsp3) is 0.133. The Balaban J connectivity index is 2.14. The number of hydrogen-bond acceptors (Lipinski definition) is 2. The number of anilines is 1. The molecule has 0 spiro atoms. The van der Waals surface area contributed by atoms with Gasteiger partial charge in [0.2, 0.25) is 5.95 Å². The zero-order chi connectivity index (χ0) is 14.3. The lowest BCUT2D eigenvalue weighted by atomic mass is 10.2. The number of benzene rings is 2. The van der Waals surface area contributed by atoms with Gasteiger partial charge in [-0.15, -0.1) is 0 Å². The van der Waals surface area contributed by atoms with Crippen LogP contribution in [0, 0.1) is 18.6 Å². The van der Waals surface area contributed by atoms with Crippen molar-refractivity contribution in [3.05, 3.63) is 59.2 Å². The summed E-state index contributed by atoms with van der Waals surface area (Å²) in [5.74, 6) is -0.381. The van der Waals surface area contributed by atoms with Crippen LogP contribution in [0.15, 0.2) is 36.4 Å². The molecule has 20 heavy (non-hydrogen) atoms. The van der Waals surface area contributed by atoms with E-state index in [1.807, 2.05) is 0 Å². The third-order valence-electron chi connectivity index (χ3n) is 3.34. The molecule has 3 nitrogen and oxygen atoms in total. The summed E-state index contributed by atoms with van der Waals surface area (Å²) in [5, 5.41) is 0. The Bertz CT molecular complexity index is 793. The maximum absolute atomic E-state index is 13.7. The van der Waals surface area contributed by atoms with Gasteiger partial charge in [0.25, 0.3) is 0 Å². The van der Waals surface area contributed by atoms with Crippen molar-refractivity contribution in [2.24, 2.45) is 0 Å². The van der Waals surface area contributed by atoms with E-state index in [1.165, 1.54) is 12.1 Å². The quantitative estimate of drug-likeness (QED) is 0.779. The average Bonchev–Trinajstić information content (AvgIpc) is 2.69. The number of aryl methyl sites for hydroxylation is 1. The lowest BCUT2D eigenvalue weighted by Crippen LogP contribution is -2.06. The SMILES string of the molecule is Cc1cc2c(cc1F)nc(N)n2Cc1ccccc1F. The molecule has 0 radical (unpaired) electrons. The van der Waals surface area contributed by atoms with Gasteiger partial charge < -0.3 is 10.3 Å². The molecule has 2 N–H and O–H groups in total. The van der Waals surface area contributed by atoms with Crippen LogP contribution >= 0.6 is 0 Å². The number of halogens is 2. The first-order valence-electron chi connectivity index (χ1n) is 6.21. The van der Waals surface area contributed by atoms with Crippen molar-refractivity contribution in [1.82, 2.24) is 9.55 Å². The average molecular weight is 273 g/mol. The predicted octanol–water partition coefficient (Wildman–Crippen LogP) is 3.25. The molecule has 0 fully saturated rings. The summed E-state index contributed by atoms with van der Waals surface area (Å²) in [4.78, 5) is 4.12. The van der Waals surface area contributed by atoms with Gasteiger partial charge >= 0.3 is 0 Å². The molecule has 0 bridgehead atoms. The summed E-state index contributed by atoms with van der Waals surface area (Å²) >= 11 is 0. The third-order valence-corrected chi connectivity index (χ3v) is 3.34. The monoisotopic (exact) mass is 273 g/mol. The van der Waals surface area contributed by atoms with Crippen LogP contribution in [0.3, 0.4) is 0 Å². The normalized spacial score (nSPS) is 11.2. The molecular weight excluding hydrogens is 260 g/mol. The molecule has 0 aliphatic carbocycles. The van der Waals surface area contributed by atoms with Crippen LogP contribution in [-0.2, 0) is 6.54 Å². The number of imidazole rings is 1. The molecule has 0 amide bonds. The number of nitrogens with two attached hydrogens (primary N) is 1. The highest BCUT2D eigenvalue weighted by atomic mass is 19.1. The summed E-state index contributed by atoms with van der Waals surface area (Å²) in [6, 6.07) is 9.51. The first-order chi connectivity index (χ1) is 9.56. The van der Waals surface area contributed by atoms with Crippen LogP contribution < -0.4 is 5.73 Å². The topological polar surface area (TPSA) is 43.8 Å². The van der Waals surface area contributed by atoms with Crippen LogP contribution in [0.2, 0.25) is 0 Å². The Morgan fingerprint density at radius 2 is 1.90 bits per heavy atom. The molecule has 3 aromatic rings. The van der Waals surface area contributed by atoms with E-state index in [9.17, 15) is 8.78 Å². The minimum atomic E-state index is -0.326. The number of hydrogen-bond donors (Lipinski definition) is 1. The molecule has 2 aromatic carbocycles. The van der Waals surface area contributed by atoms with Crippen LogP contribution in [0.4, 0.5) is 14.7 Å². The van der Waals surface area contributed by atoms with E-state index in [4.69, 9.17) is 5.73 Å². The lowest BCUT2D eigenvalue weighted by Gasteiger charge is -2.08. The maximum atomic E-state index is 13.7. The summed E-state index contributed by atoms with van der Waals surface area (Å²) in [7, 11) is 0. The summed E-state index contributed by atoms with van der Waals surface area (Å²) < 4.78 is 28.9. The Hall–Kier alpha value is -2.43. The third kappa shape index (κ3) is 2.01. The van der Waals surface area contributed by atoms with Gasteiger partial charge in [0.15, 0.2) is 0 Å². The number of rotatable bonds is 2. The van der Waals surface area contributed by atoms with Gasteiger partial charge in [0, 0.05) is 11.6 Å². The van der Waals surface area contributed by atoms with Gasteiger partial charge in [0.1, 0.15) is 11.6 Å². The molecule has 5 heteroatoms. The minimum Gasteiger partial charge on any atom is -0.369 e. The first-order valence-corrected chi connectivity index (χ1v) is 6.21. The maximum Gasteiger partial charge on any atom is 0.201 e. The first kappa shape index (κ1) is 12.6. The summed E-state index contributed by atoms with van der Waals surface area (Å²) in [5.41, 5.74) is 8.05. The van der Waals surface area contributed by atoms with Crippen LogP contribution in [0.5, 0.6) is 0 Å². The smallest absolute Gasteiger partial charge is 0.201 e. The van der Waals surface area contributed by atoms with E-state index in [0.717, 1.165) is 0 Å². The lowest BCUT2D eigenvalue weighted by molar-refractivity contribution is 0.602. The minimum absolute atomic E-state index is 0.244. The zero-order valence-electron chi connectivity index (χ0n) is 10.9. The van der Waals surface area contributed by atoms with E-state index in [1.54, 1.807) is 35.8 Å². The van der Waals surface area contributed by atoms with E-state index < -0.39 is 0 Å². The van der Waals surface area contributed by atoms with Gasteiger partial charge in [-0.05, 0) is 24.6 Å². The molecule has 102 valence electrons. The van der Waals surface area contributed by atoms with Crippen molar-refractivity contribution < 1.29 is 8.78 Å². The molecule has 0 aliphatic heterocycles. The Morgan fingerprint density at radius 3 is 2.65 bits per heavy atom. The fourth-order valence-electron chi connectivity index (χ4n) is 2.23. The second kappa shape index (κ2) is 4.59. The van der Waals surface area contributed by atoms with Gasteiger partial charge in [0.05, 0.1) is 17.6 Å². The molecule has 3 rings (SSSR count).